The maximum atomic E-state index is 13.6. The van der Waals surface area contributed by atoms with Crippen molar-refractivity contribution in [1.82, 2.24) is 30.5 Å². The predicted octanol–water partition coefficient (Wildman–Crippen LogP) is 0.170. The number of nitrogens with two attached hydrogens (primary N) is 1. The molecule has 3 saturated heterocycles. The zero-order chi connectivity index (χ0) is 35.6. The number of halogens is 1. The van der Waals surface area contributed by atoms with Crippen molar-refractivity contribution in [1.29, 1.82) is 0 Å². The van der Waals surface area contributed by atoms with Crippen molar-refractivity contribution in [2.75, 3.05) is 18.8 Å². The SMILES string of the molecule is CC1CN(NC(=O)c2ccc(O)c(O)c2Cl)C(=O)N1[C@]1(C(=O)O)CN2C(=O)C(NC(=O)/C(=N\OC3(C(=O)O)CCC3)c3csc(N)n3)[C@H]2S1. The highest BCUT2D eigenvalue weighted by molar-refractivity contribution is 8.02. The Balaban J connectivity index is 1.19. The van der Waals surface area contributed by atoms with Crippen LogP contribution in [0, 0.1) is 0 Å². The summed E-state index contributed by atoms with van der Waals surface area (Å²) < 4.78 is 0. The summed E-state index contributed by atoms with van der Waals surface area (Å²) in [6, 6.07) is -0.849. The Morgan fingerprint density at radius 1 is 1.16 bits per heavy atom. The van der Waals surface area contributed by atoms with Gasteiger partial charge in [-0.15, -0.1) is 11.3 Å². The molecule has 4 atom stereocenters. The van der Waals surface area contributed by atoms with Crippen LogP contribution in [0.5, 0.6) is 11.5 Å². The molecule has 6 rings (SSSR count). The maximum Gasteiger partial charge on any atom is 0.350 e. The molecular weight excluding hydrogens is 712 g/mol. The van der Waals surface area contributed by atoms with Gasteiger partial charge in [-0.1, -0.05) is 28.5 Å². The number of fused-ring (bicyclic) bond motifs is 1. The highest BCUT2D eigenvalue weighted by Gasteiger charge is 2.67. The molecule has 5 amide bonds. The summed E-state index contributed by atoms with van der Waals surface area (Å²) in [5, 5.41) is 46.8. The molecule has 0 bridgehead atoms. The molecule has 260 valence electrons. The molecule has 4 fully saturated rings. The number of hydrogen-bond donors (Lipinski definition) is 7. The number of phenolic OH excluding ortho intramolecular Hbond substituents is 2. The van der Waals surface area contributed by atoms with E-state index < -0.39 is 92.4 Å². The average molecular weight is 739 g/mol. The second kappa shape index (κ2) is 12.1. The number of aliphatic carboxylic acids is 2. The monoisotopic (exact) mass is 738 g/mol. The van der Waals surface area contributed by atoms with Crippen LogP contribution in [-0.2, 0) is 24.0 Å². The van der Waals surface area contributed by atoms with E-state index in [1.54, 1.807) is 6.92 Å². The number of nitrogens with one attached hydrogen (secondary N) is 2. The molecule has 2 aromatic rings. The Morgan fingerprint density at radius 3 is 2.47 bits per heavy atom. The van der Waals surface area contributed by atoms with Crippen LogP contribution < -0.4 is 16.5 Å². The van der Waals surface area contributed by atoms with Crippen LogP contribution in [0.4, 0.5) is 9.93 Å². The lowest BCUT2D eigenvalue weighted by Gasteiger charge is -2.41. The summed E-state index contributed by atoms with van der Waals surface area (Å²) in [4.78, 5) is 87.4. The maximum absolute atomic E-state index is 13.6. The Morgan fingerprint density at radius 2 is 1.88 bits per heavy atom. The Hall–Kier alpha value is -5.02. The lowest BCUT2D eigenvalue weighted by atomic mass is 9.80. The van der Waals surface area contributed by atoms with E-state index in [1.165, 1.54) is 10.3 Å². The standard InChI is InChI=1S/C27H27ClN8O11S2/c1-10-7-35(32-18(39)11-3-4-13(37)17(38)14(11)28)25(46)36(10)27(23(44)45)9-34-20(41)16(21(34)49-27)31-19(40)15(12-8-48-24(29)30-12)33-47-26(22(42)43)5-2-6-26/h3-4,8,10,16,21,37-38H,2,5-7,9H2,1H3,(H2,29,30)(H,31,40)(H,32,39)(H,42,43)(H,44,45)/b33-15-/t10?,16?,21-,27-/m1/s1. The number of nitrogen functional groups attached to an aromatic ring is 1. The number of carbonyl (C=O) groups is 6. The number of benzene rings is 1. The number of amides is 5. The van der Waals surface area contributed by atoms with Crippen LogP contribution in [0.15, 0.2) is 22.7 Å². The number of aromatic hydroxyl groups is 2. The minimum absolute atomic E-state index is 0.0371. The number of carboxylic acids is 2. The van der Waals surface area contributed by atoms with Crippen molar-refractivity contribution in [3.63, 3.8) is 0 Å². The van der Waals surface area contributed by atoms with Gasteiger partial charge in [-0.2, -0.15) is 0 Å². The van der Waals surface area contributed by atoms with Gasteiger partial charge in [-0.05, 0) is 25.5 Å². The molecule has 19 nitrogen and oxygen atoms in total. The minimum Gasteiger partial charge on any atom is -0.504 e. The van der Waals surface area contributed by atoms with E-state index in [9.17, 15) is 49.2 Å². The molecule has 1 aliphatic carbocycles. The zero-order valence-corrected chi connectivity index (χ0v) is 27.5. The van der Waals surface area contributed by atoms with Gasteiger partial charge in [0.25, 0.3) is 11.8 Å². The van der Waals surface area contributed by atoms with Crippen molar-refractivity contribution >= 4 is 81.2 Å². The first-order chi connectivity index (χ1) is 23.1. The van der Waals surface area contributed by atoms with E-state index in [0.717, 1.165) is 45.1 Å². The van der Waals surface area contributed by atoms with Crippen LogP contribution in [-0.4, -0.2) is 123 Å². The topological polar surface area (TPSA) is 278 Å². The van der Waals surface area contributed by atoms with E-state index in [4.69, 9.17) is 22.2 Å². The smallest absolute Gasteiger partial charge is 0.350 e. The van der Waals surface area contributed by atoms with Crippen LogP contribution in [0.25, 0.3) is 0 Å². The normalized spacial score (nSPS) is 25.7. The number of thiazole rings is 1. The third-order valence-corrected chi connectivity index (χ3v) is 11.3. The van der Waals surface area contributed by atoms with E-state index in [2.05, 4.69) is 20.9 Å². The number of carboxylic acid groups (broad SMARTS) is 2. The number of rotatable bonds is 10. The first-order valence-electron chi connectivity index (χ1n) is 14.5. The van der Waals surface area contributed by atoms with Gasteiger partial charge < -0.3 is 41.2 Å². The van der Waals surface area contributed by atoms with E-state index in [-0.39, 0.29) is 35.8 Å². The van der Waals surface area contributed by atoms with Gasteiger partial charge in [0, 0.05) is 18.2 Å². The quantitative estimate of drug-likeness (QED) is 0.0741. The summed E-state index contributed by atoms with van der Waals surface area (Å²) in [6.07, 6.45) is 0.896. The van der Waals surface area contributed by atoms with Gasteiger partial charge in [0.1, 0.15) is 17.1 Å². The first-order valence-corrected chi connectivity index (χ1v) is 16.6. The minimum atomic E-state index is -2.04. The van der Waals surface area contributed by atoms with Gasteiger partial charge in [0.15, 0.2) is 22.3 Å². The largest absolute Gasteiger partial charge is 0.504 e. The van der Waals surface area contributed by atoms with Crippen LogP contribution in [0.3, 0.4) is 0 Å². The second-order valence-corrected chi connectivity index (χ2v) is 14.3. The summed E-state index contributed by atoms with van der Waals surface area (Å²) in [6.45, 7) is 0.918. The number of phenols is 2. The fourth-order valence-corrected chi connectivity index (χ4v) is 8.33. The van der Waals surface area contributed by atoms with Gasteiger partial charge in [-0.25, -0.2) is 24.4 Å². The summed E-state index contributed by atoms with van der Waals surface area (Å²) in [5.41, 5.74) is 5.67. The number of nitrogens with zero attached hydrogens (tertiary/aromatic N) is 5. The molecule has 0 spiro atoms. The highest BCUT2D eigenvalue weighted by atomic mass is 35.5. The van der Waals surface area contributed by atoms with Gasteiger partial charge in [-0.3, -0.25) is 24.7 Å². The van der Waals surface area contributed by atoms with Gasteiger partial charge >= 0.3 is 18.0 Å². The summed E-state index contributed by atoms with van der Waals surface area (Å²) >= 11 is 7.69. The Kier molecular flexibility index (Phi) is 8.39. The van der Waals surface area contributed by atoms with E-state index in [1.807, 2.05) is 0 Å². The molecule has 3 aliphatic heterocycles. The van der Waals surface area contributed by atoms with E-state index >= 15 is 0 Å². The van der Waals surface area contributed by atoms with Crippen molar-refractivity contribution in [2.45, 2.75) is 54.1 Å². The number of aromatic nitrogens is 1. The second-order valence-electron chi connectivity index (χ2n) is 11.6. The number of anilines is 1. The Bertz CT molecular complexity index is 1840. The number of oxime groups is 1. The molecule has 2 unspecified atom stereocenters. The number of hydrazine groups is 1. The number of β-lactam (4-membered cyclic amide) rings is 1. The molecule has 1 aromatic heterocycles. The lowest BCUT2D eigenvalue weighted by molar-refractivity contribution is -0.178. The predicted molar refractivity (Wildman–Crippen MR) is 169 cm³/mol. The Labute approximate surface area is 288 Å². The number of urea groups is 1. The van der Waals surface area contributed by atoms with Crippen molar-refractivity contribution in [2.24, 2.45) is 5.16 Å². The number of carbonyl (C=O) groups excluding carboxylic acids is 4. The highest BCUT2D eigenvalue weighted by Crippen LogP contribution is 2.50. The number of thioether (sulfide) groups is 1. The molecule has 0 radical (unpaired) electrons. The summed E-state index contributed by atoms with van der Waals surface area (Å²) in [7, 11) is 0. The van der Waals surface area contributed by atoms with Crippen LogP contribution in [0.1, 0.15) is 42.2 Å². The fraction of sp³-hybridized carbons (Fsp3) is 0.407. The van der Waals surface area contributed by atoms with Crippen LogP contribution >= 0.6 is 34.7 Å². The summed E-state index contributed by atoms with van der Waals surface area (Å²) in [5.74, 6) is -6.58. The first kappa shape index (κ1) is 33.9. The third kappa shape index (κ3) is 5.46. The molecule has 22 heteroatoms. The molecule has 4 heterocycles. The fourth-order valence-electron chi connectivity index (χ4n) is 5.82. The molecule has 49 heavy (non-hydrogen) atoms. The number of hydrogen-bond acceptors (Lipinski definition) is 14. The molecule has 8 N–H and O–H groups in total. The molecule has 1 saturated carbocycles. The lowest BCUT2D eigenvalue weighted by Crippen LogP contribution is -2.68. The zero-order valence-electron chi connectivity index (χ0n) is 25.2. The van der Waals surface area contributed by atoms with Crippen molar-refractivity contribution in [3.8, 4) is 11.5 Å². The third-order valence-electron chi connectivity index (χ3n) is 8.59. The molecule has 1 aromatic carbocycles. The van der Waals surface area contributed by atoms with Crippen molar-refractivity contribution in [3.05, 3.63) is 33.8 Å². The van der Waals surface area contributed by atoms with Gasteiger partial charge in [0.2, 0.25) is 16.4 Å². The molecular formula is C27H27ClN8O11S2. The van der Waals surface area contributed by atoms with Gasteiger partial charge in [0.05, 0.1) is 29.7 Å². The van der Waals surface area contributed by atoms with Crippen LogP contribution in [0.2, 0.25) is 5.02 Å². The molecule has 4 aliphatic rings. The van der Waals surface area contributed by atoms with Crippen molar-refractivity contribution < 1.29 is 54.0 Å². The average Bonchev–Trinajstić information content (AvgIpc) is 3.69. The van der Waals surface area contributed by atoms with E-state index in [0.29, 0.717) is 6.42 Å².